The zero-order chi connectivity index (χ0) is 32.9. The van der Waals surface area contributed by atoms with Crippen LogP contribution in [0.25, 0.3) is 0 Å². The van der Waals surface area contributed by atoms with Gasteiger partial charge >= 0.3 is 11.9 Å². The first-order valence-corrected chi connectivity index (χ1v) is 15.0. The van der Waals surface area contributed by atoms with E-state index >= 15 is 0 Å². The molecule has 4 atom stereocenters. The molecule has 4 rings (SSSR count). The Morgan fingerprint density at radius 3 is 1.91 bits per heavy atom. The summed E-state index contributed by atoms with van der Waals surface area (Å²) in [5, 5.41) is 26.4. The van der Waals surface area contributed by atoms with Crippen molar-refractivity contribution in [1.29, 1.82) is 0 Å². The van der Waals surface area contributed by atoms with Crippen molar-refractivity contribution in [3.63, 3.8) is 0 Å². The molecular formula is C34H37N3O9. The van der Waals surface area contributed by atoms with Crippen LogP contribution in [0.1, 0.15) is 36.0 Å². The molecule has 3 amide bonds. The van der Waals surface area contributed by atoms with Crippen molar-refractivity contribution in [2.75, 3.05) is 6.54 Å². The number of amides is 3. The molecular weight excluding hydrogens is 594 g/mol. The molecule has 1 saturated heterocycles. The van der Waals surface area contributed by atoms with Gasteiger partial charge in [0.15, 0.2) is 12.2 Å². The van der Waals surface area contributed by atoms with Crippen LogP contribution in [0.5, 0.6) is 5.75 Å². The third kappa shape index (κ3) is 10.7. The molecule has 1 aliphatic rings. The van der Waals surface area contributed by atoms with Crippen molar-refractivity contribution in [3.8, 4) is 5.75 Å². The number of carbonyl (C=O) groups excluding carboxylic acids is 3. The number of hydrogen-bond donors (Lipinski definition) is 5. The van der Waals surface area contributed by atoms with E-state index in [1.165, 1.54) is 0 Å². The molecule has 0 radical (unpaired) electrons. The standard InChI is InChI=1S/C34H37N3O9/c38-28(39)13-7-12-26(31(40)35-19-18-22-8-3-1-4-9-22)36-32(41)29-30(46-29)33(42)37-27(34(43)44)20-23-14-16-25(17-15-23)45-21-24-10-5-2-6-11-24/h1-6,8-11,14-17,26-27,29-30H,7,12-13,18-21H2,(H,35,40)(H,36,41)(H,37,42)(H,38,39)(H,43,44)/t26-,27-,29+,30+/m0/s1. The van der Waals surface area contributed by atoms with Crippen LogP contribution in [-0.2, 0) is 48.2 Å². The maximum atomic E-state index is 12.9. The fourth-order valence-electron chi connectivity index (χ4n) is 4.74. The number of epoxide rings is 1. The van der Waals surface area contributed by atoms with Crippen molar-refractivity contribution in [1.82, 2.24) is 16.0 Å². The molecule has 12 heteroatoms. The molecule has 0 unspecified atom stereocenters. The van der Waals surface area contributed by atoms with Crippen molar-refractivity contribution >= 4 is 29.7 Å². The topological polar surface area (TPSA) is 184 Å². The van der Waals surface area contributed by atoms with Crippen LogP contribution < -0.4 is 20.7 Å². The fourth-order valence-corrected chi connectivity index (χ4v) is 4.74. The highest BCUT2D eigenvalue weighted by atomic mass is 16.6. The zero-order valence-corrected chi connectivity index (χ0v) is 25.1. The Morgan fingerprint density at radius 1 is 0.739 bits per heavy atom. The number of benzene rings is 3. The van der Waals surface area contributed by atoms with Gasteiger partial charge in [0.25, 0.3) is 11.8 Å². The summed E-state index contributed by atoms with van der Waals surface area (Å²) in [4.78, 5) is 61.4. The fraction of sp³-hybridized carbons (Fsp3) is 0.324. The summed E-state index contributed by atoms with van der Waals surface area (Å²) in [7, 11) is 0. The number of aliphatic carboxylic acids is 2. The minimum absolute atomic E-state index is 0.0155. The lowest BCUT2D eigenvalue weighted by Crippen LogP contribution is -2.49. The van der Waals surface area contributed by atoms with E-state index in [9.17, 15) is 29.1 Å². The highest BCUT2D eigenvalue weighted by molar-refractivity contribution is 5.98. The molecule has 0 spiro atoms. The Hall–Kier alpha value is -5.23. The number of rotatable bonds is 18. The largest absolute Gasteiger partial charge is 0.489 e. The van der Waals surface area contributed by atoms with Crippen LogP contribution in [0.3, 0.4) is 0 Å². The average molecular weight is 632 g/mol. The number of carboxylic acids is 2. The van der Waals surface area contributed by atoms with Gasteiger partial charge in [-0.1, -0.05) is 72.8 Å². The molecule has 1 aliphatic heterocycles. The Labute approximate surface area is 266 Å². The van der Waals surface area contributed by atoms with E-state index in [1.54, 1.807) is 24.3 Å². The number of carboxylic acid groups (broad SMARTS) is 2. The van der Waals surface area contributed by atoms with Gasteiger partial charge in [-0.25, -0.2) is 4.79 Å². The van der Waals surface area contributed by atoms with Crippen LogP contribution in [0.2, 0.25) is 0 Å². The Bertz CT molecular complexity index is 1480. The van der Waals surface area contributed by atoms with E-state index in [0.717, 1.165) is 11.1 Å². The summed E-state index contributed by atoms with van der Waals surface area (Å²) in [6.45, 7) is 0.686. The molecule has 3 aromatic rings. The minimum Gasteiger partial charge on any atom is -0.489 e. The second kappa shape index (κ2) is 16.7. The lowest BCUT2D eigenvalue weighted by molar-refractivity contribution is -0.142. The van der Waals surface area contributed by atoms with Gasteiger partial charge < -0.3 is 35.6 Å². The molecule has 242 valence electrons. The SMILES string of the molecule is O=C(O)CCC[C@H](NC(=O)[C@@H]1O[C@H]1C(=O)N[C@@H](Cc1ccc(OCc2ccccc2)cc1)C(=O)O)C(=O)NCCc1ccccc1. The molecule has 1 heterocycles. The van der Waals surface area contributed by atoms with Gasteiger partial charge in [-0.05, 0) is 48.1 Å². The molecule has 0 aliphatic carbocycles. The smallest absolute Gasteiger partial charge is 0.326 e. The van der Waals surface area contributed by atoms with Crippen LogP contribution in [0, 0.1) is 0 Å². The molecule has 12 nitrogen and oxygen atoms in total. The lowest BCUT2D eigenvalue weighted by Gasteiger charge is -2.18. The van der Waals surface area contributed by atoms with Crippen LogP contribution in [0.15, 0.2) is 84.9 Å². The summed E-state index contributed by atoms with van der Waals surface area (Å²) in [6.07, 6.45) is -1.87. The predicted molar refractivity (Wildman–Crippen MR) is 166 cm³/mol. The second-order valence-electron chi connectivity index (χ2n) is 10.9. The van der Waals surface area contributed by atoms with Gasteiger partial charge in [-0.15, -0.1) is 0 Å². The maximum absolute atomic E-state index is 12.9. The van der Waals surface area contributed by atoms with Crippen LogP contribution in [-0.4, -0.2) is 70.7 Å². The Kier molecular flexibility index (Phi) is 12.2. The quantitative estimate of drug-likeness (QED) is 0.131. The number of hydrogen-bond acceptors (Lipinski definition) is 7. The first kappa shape index (κ1) is 33.7. The Balaban J connectivity index is 1.26. The molecule has 0 saturated carbocycles. The first-order valence-electron chi connectivity index (χ1n) is 15.0. The summed E-state index contributed by atoms with van der Waals surface area (Å²) in [6, 6.07) is 23.6. The summed E-state index contributed by atoms with van der Waals surface area (Å²) < 4.78 is 11.0. The first-order chi connectivity index (χ1) is 22.2. The normalized spacial score (nSPS) is 16.3. The second-order valence-corrected chi connectivity index (χ2v) is 10.9. The van der Waals surface area contributed by atoms with Gasteiger partial charge in [0.05, 0.1) is 0 Å². The highest BCUT2D eigenvalue weighted by Crippen LogP contribution is 2.23. The van der Waals surface area contributed by atoms with E-state index in [1.807, 2.05) is 60.7 Å². The van der Waals surface area contributed by atoms with Crippen molar-refractivity contribution in [2.24, 2.45) is 0 Å². The van der Waals surface area contributed by atoms with E-state index in [4.69, 9.17) is 14.6 Å². The summed E-state index contributed by atoms with van der Waals surface area (Å²) >= 11 is 0. The average Bonchev–Trinajstić information content (AvgIpc) is 3.86. The predicted octanol–water partition coefficient (Wildman–Crippen LogP) is 2.24. The number of nitrogens with one attached hydrogen (secondary N) is 3. The summed E-state index contributed by atoms with van der Waals surface area (Å²) in [5.74, 6) is -3.67. The lowest BCUT2D eigenvalue weighted by atomic mass is 10.1. The van der Waals surface area contributed by atoms with Gasteiger partial charge in [0, 0.05) is 19.4 Å². The molecule has 1 fully saturated rings. The van der Waals surface area contributed by atoms with Gasteiger partial charge in [0.2, 0.25) is 5.91 Å². The molecule has 5 N–H and O–H groups in total. The minimum atomic E-state index is -1.28. The summed E-state index contributed by atoms with van der Waals surface area (Å²) in [5.41, 5.74) is 2.66. The molecule has 0 aromatic heterocycles. The molecule has 0 bridgehead atoms. The van der Waals surface area contributed by atoms with Crippen molar-refractivity contribution in [2.45, 2.75) is 63.0 Å². The number of carbonyl (C=O) groups is 5. The maximum Gasteiger partial charge on any atom is 0.326 e. The van der Waals surface area contributed by atoms with Crippen molar-refractivity contribution < 1.29 is 43.7 Å². The van der Waals surface area contributed by atoms with Crippen LogP contribution >= 0.6 is 0 Å². The number of ether oxygens (including phenoxy) is 2. The van der Waals surface area contributed by atoms with Gasteiger partial charge in [-0.3, -0.25) is 19.2 Å². The van der Waals surface area contributed by atoms with E-state index < -0.39 is 54.0 Å². The van der Waals surface area contributed by atoms with Gasteiger partial charge in [-0.2, -0.15) is 0 Å². The monoisotopic (exact) mass is 631 g/mol. The highest BCUT2D eigenvalue weighted by Gasteiger charge is 2.51. The van der Waals surface area contributed by atoms with E-state index in [2.05, 4.69) is 16.0 Å². The van der Waals surface area contributed by atoms with Crippen molar-refractivity contribution in [3.05, 3.63) is 102 Å². The van der Waals surface area contributed by atoms with E-state index in [0.29, 0.717) is 30.9 Å². The third-order valence-corrected chi connectivity index (χ3v) is 7.31. The third-order valence-electron chi connectivity index (χ3n) is 7.31. The molecule has 3 aromatic carbocycles. The van der Waals surface area contributed by atoms with Crippen LogP contribution in [0.4, 0.5) is 0 Å². The van der Waals surface area contributed by atoms with E-state index in [-0.39, 0.29) is 25.7 Å². The van der Waals surface area contributed by atoms with Gasteiger partial charge in [0.1, 0.15) is 24.4 Å². The zero-order valence-electron chi connectivity index (χ0n) is 25.1. The molecule has 46 heavy (non-hydrogen) atoms. The Morgan fingerprint density at radius 2 is 1.33 bits per heavy atom.